The van der Waals surface area contributed by atoms with Crippen molar-refractivity contribution in [1.29, 1.82) is 0 Å². The van der Waals surface area contributed by atoms with Crippen LogP contribution in [-0.4, -0.2) is 16.6 Å². The Morgan fingerprint density at radius 1 is 1.14 bits per heavy atom. The van der Waals surface area contributed by atoms with Crippen LogP contribution in [0.1, 0.15) is 30.5 Å². The number of amides is 1. The number of carbonyl (C=O) groups excluding carboxylic acids is 1. The van der Waals surface area contributed by atoms with Crippen LogP contribution in [-0.2, 0) is 4.79 Å². The molecule has 3 rings (SSSR count). The molecule has 2 aromatic carbocycles. The third-order valence-electron chi connectivity index (χ3n) is 3.60. The number of hydrogen-bond donors (Lipinski definition) is 0. The molecule has 0 radical (unpaired) electrons. The first-order chi connectivity index (χ1) is 10.2. The van der Waals surface area contributed by atoms with Crippen LogP contribution in [0.25, 0.3) is 0 Å². The van der Waals surface area contributed by atoms with Gasteiger partial charge in [-0.15, -0.1) is 0 Å². The second-order valence-electron chi connectivity index (χ2n) is 5.02. The van der Waals surface area contributed by atoms with E-state index in [4.69, 9.17) is 11.6 Å². The van der Waals surface area contributed by atoms with E-state index in [1.54, 1.807) is 0 Å². The molecule has 1 aliphatic rings. The van der Waals surface area contributed by atoms with Crippen LogP contribution >= 0.6 is 11.6 Å². The monoisotopic (exact) mass is 298 g/mol. The largest absolute Gasteiger partial charge is 0.273 e. The molecule has 21 heavy (non-hydrogen) atoms. The molecule has 0 fully saturated rings. The Morgan fingerprint density at radius 2 is 1.81 bits per heavy atom. The molecule has 0 bridgehead atoms. The minimum absolute atomic E-state index is 0.0779. The Bertz CT molecular complexity index is 697. The summed E-state index contributed by atoms with van der Waals surface area (Å²) in [6, 6.07) is 17.4. The first-order valence-corrected chi connectivity index (χ1v) is 7.21. The lowest BCUT2D eigenvalue weighted by atomic mass is 9.98. The molecule has 3 nitrogen and oxygen atoms in total. The van der Waals surface area contributed by atoms with Gasteiger partial charge in [0.2, 0.25) is 5.91 Å². The van der Waals surface area contributed by atoms with Gasteiger partial charge in [-0.3, -0.25) is 4.79 Å². The maximum Gasteiger partial charge on any atom is 0.240 e. The molecule has 1 amide bonds. The van der Waals surface area contributed by atoms with Gasteiger partial charge >= 0.3 is 0 Å². The van der Waals surface area contributed by atoms with E-state index in [2.05, 4.69) is 5.10 Å². The molecule has 0 saturated carbocycles. The van der Waals surface area contributed by atoms with Crippen LogP contribution in [0.15, 0.2) is 59.7 Å². The quantitative estimate of drug-likeness (QED) is 0.823. The summed E-state index contributed by atoms with van der Waals surface area (Å²) in [5.74, 6) is -0.0779. The number of benzene rings is 2. The molecule has 2 aromatic rings. The molecule has 0 aromatic heterocycles. The fourth-order valence-electron chi connectivity index (χ4n) is 2.59. The van der Waals surface area contributed by atoms with Crippen molar-refractivity contribution in [3.8, 4) is 0 Å². The number of hydrazone groups is 1. The second-order valence-corrected chi connectivity index (χ2v) is 5.42. The van der Waals surface area contributed by atoms with E-state index in [0.717, 1.165) is 16.8 Å². The highest BCUT2D eigenvalue weighted by Crippen LogP contribution is 2.36. The maximum atomic E-state index is 11.9. The van der Waals surface area contributed by atoms with Crippen LogP contribution < -0.4 is 0 Å². The zero-order valence-electron chi connectivity index (χ0n) is 11.7. The number of rotatable bonds is 2. The van der Waals surface area contributed by atoms with Gasteiger partial charge in [-0.1, -0.05) is 60.1 Å². The Hall–Kier alpha value is -2.13. The number of carbonyl (C=O) groups is 1. The van der Waals surface area contributed by atoms with Gasteiger partial charge < -0.3 is 0 Å². The molecule has 0 N–H and O–H groups in total. The normalized spacial score (nSPS) is 17.7. The average molecular weight is 299 g/mol. The van der Waals surface area contributed by atoms with E-state index >= 15 is 0 Å². The molecular formula is C17H15ClN2O. The van der Waals surface area contributed by atoms with Gasteiger partial charge in [0.15, 0.2) is 0 Å². The van der Waals surface area contributed by atoms with E-state index in [0.29, 0.717) is 11.4 Å². The number of halogens is 1. The van der Waals surface area contributed by atoms with E-state index in [1.807, 2.05) is 54.6 Å². The summed E-state index contributed by atoms with van der Waals surface area (Å²) in [6.07, 6.45) is 0.674. The Balaban J connectivity index is 1.98. The molecule has 106 valence electrons. The predicted octanol–water partition coefficient (Wildman–Crippen LogP) is 4.04. The zero-order valence-corrected chi connectivity index (χ0v) is 12.4. The van der Waals surface area contributed by atoms with Gasteiger partial charge in [-0.25, -0.2) is 5.01 Å². The van der Waals surface area contributed by atoms with Gasteiger partial charge in [0.25, 0.3) is 0 Å². The lowest BCUT2D eigenvalue weighted by Gasteiger charge is -2.21. The first kappa shape index (κ1) is 13.8. The van der Waals surface area contributed by atoms with E-state index in [1.165, 1.54) is 11.9 Å². The van der Waals surface area contributed by atoms with Crippen molar-refractivity contribution in [2.45, 2.75) is 19.4 Å². The fraction of sp³-hybridized carbons (Fsp3) is 0.176. The summed E-state index contributed by atoms with van der Waals surface area (Å²) >= 11 is 6.28. The maximum absolute atomic E-state index is 11.9. The van der Waals surface area contributed by atoms with Crippen molar-refractivity contribution < 1.29 is 4.79 Å². The van der Waals surface area contributed by atoms with Crippen LogP contribution in [0, 0.1) is 0 Å². The highest BCUT2D eigenvalue weighted by Gasteiger charge is 2.32. The van der Waals surface area contributed by atoms with Crippen LogP contribution in [0.4, 0.5) is 0 Å². The Kier molecular flexibility index (Phi) is 3.76. The SMILES string of the molecule is CC(=O)N1N=C(c2ccccc2)C[C@@H]1c1ccccc1Cl. The minimum Gasteiger partial charge on any atom is -0.273 e. The Labute approximate surface area is 128 Å². The van der Waals surface area contributed by atoms with Gasteiger partial charge in [-0.05, 0) is 17.2 Å². The van der Waals surface area contributed by atoms with Crippen LogP contribution in [0.3, 0.4) is 0 Å². The third-order valence-corrected chi connectivity index (χ3v) is 3.95. The molecule has 1 aliphatic heterocycles. The van der Waals surface area contributed by atoms with Crippen LogP contribution in [0.5, 0.6) is 0 Å². The van der Waals surface area contributed by atoms with Crippen molar-refractivity contribution in [3.63, 3.8) is 0 Å². The van der Waals surface area contributed by atoms with Crippen molar-refractivity contribution >= 4 is 23.2 Å². The lowest BCUT2D eigenvalue weighted by molar-refractivity contribution is -0.130. The smallest absolute Gasteiger partial charge is 0.240 e. The average Bonchev–Trinajstić information content (AvgIpc) is 2.94. The molecule has 0 aliphatic carbocycles. The predicted molar refractivity (Wildman–Crippen MR) is 84.3 cm³/mol. The molecule has 0 unspecified atom stereocenters. The molecule has 1 heterocycles. The molecule has 0 saturated heterocycles. The van der Waals surface area contributed by atoms with Gasteiger partial charge in [0.05, 0.1) is 11.8 Å². The van der Waals surface area contributed by atoms with E-state index < -0.39 is 0 Å². The van der Waals surface area contributed by atoms with Gasteiger partial charge in [-0.2, -0.15) is 5.10 Å². The van der Waals surface area contributed by atoms with E-state index in [-0.39, 0.29) is 11.9 Å². The third kappa shape index (κ3) is 2.69. The summed E-state index contributed by atoms with van der Waals surface area (Å²) in [7, 11) is 0. The van der Waals surface area contributed by atoms with Gasteiger partial charge in [0.1, 0.15) is 0 Å². The first-order valence-electron chi connectivity index (χ1n) is 6.84. The summed E-state index contributed by atoms with van der Waals surface area (Å²) in [6.45, 7) is 1.53. The summed E-state index contributed by atoms with van der Waals surface area (Å²) in [4.78, 5) is 11.9. The van der Waals surface area contributed by atoms with Crippen molar-refractivity contribution in [3.05, 3.63) is 70.7 Å². The summed E-state index contributed by atoms with van der Waals surface area (Å²) in [5, 5.41) is 6.69. The van der Waals surface area contributed by atoms with Gasteiger partial charge in [0, 0.05) is 18.4 Å². The molecular weight excluding hydrogens is 284 g/mol. The second kappa shape index (κ2) is 5.70. The standard InChI is InChI=1S/C17H15ClN2O/c1-12(21)20-17(14-9-5-6-10-15(14)18)11-16(19-20)13-7-3-2-4-8-13/h2-10,17H,11H2,1H3/t17-/m1/s1. The van der Waals surface area contributed by atoms with Crippen molar-refractivity contribution in [1.82, 2.24) is 5.01 Å². The summed E-state index contributed by atoms with van der Waals surface area (Å²) in [5.41, 5.74) is 2.89. The molecule has 4 heteroatoms. The van der Waals surface area contributed by atoms with E-state index in [9.17, 15) is 4.79 Å². The van der Waals surface area contributed by atoms with Crippen molar-refractivity contribution in [2.75, 3.05) is 0 Å². The molecule has 0 spiro atoms. The minimum atomic E-state index is -0.133. The zero-order chi connectivity index (χ0) is 14.8. The highest BCUT2D eigenvalue weighted by molar-refractivity contribution is 6.31. The van der Waals surface area contributed by atoms with Crippen molar-refractivity contribution in [2.24, 2.45) is 5.10 Å². The highest BCUT2D eigenvalue weighted by atomic mass is 35.5. The number of hydrogen-bond acceptors (Lipinski definition) is 2. The molecule has 1 atom stereocenters. The van der Waals surface area contributed by atoms with Crippen LogP contribution in [0.2, 0.25) is 5.02 Å². The Morgan fingerprint density at radius 3 is 2.48 bits per heavy atom. The summed E-state index contributed by atoms with van der Waals surface area (Å²) < 4.78 is 0. The topological polar surface area (TPSA) is 32.7 Å². The number of nitrogens with zero attached hydrogens (tertiary/aromatic N) is 2. The fourth-order valence-corrected chi connectivity index (χ4v) is 2.85. The lowest BCUT2D eigenvalue weighted by Crippen LogP contribution is -2.24.